The molecule has 1 aromatic carbocycles. The number of nitrogens with zero attached hydrogens (tertiary/aromatic N) is 1. The molecule has 3 N–H and O–H groups in total. The largest absolute Gasteiger partial charge is 0.369 e. The molecule has 1 heterocycles. The third-order valence-electron chi connectivity index (χ3n) is 3.97. The van der Waals surface area contributed by atoms with Gasteiger partial charge in [-0.25, -0.2) is 0 Å². The van der Waals surface area contributed by atoms with E-state index >= 15 is 0 Å². The topological polar surface area (TPSA) is 75.4 Å². The van der Waals surface area contributed by atoms with E-state index in [9.17, 15) is 9.59 Å². The van der Waals surface area contributed by atoms with Crippen LogP contribution in [0.4, 0.5) is 5.69 Å². The van der Waals surface area contributed by atoms with E-state index < -0.39 is 0 Å². The van der Waals surface area contributed by atoms with E-state index in [1.54, 1.807) is 24.3 Å². The summed E-state index contributed by atoms with van der Waals surface area (Å²) in [6, 6.07) is 6.77. The van der Waals surface area contributed by atoms with Crippen molar-refractivity contribution >= 4 is 29.1 Å². The summed E-state index contributed by atoms with van der Waals surface area (Å²) in [4.78, 5) is 25.5. The number of piperidine rings is 1. The molecule has 1 saturated heterocycles. The molecule has 1 atom stereocenters. The number of rotatable bonds is 4. The monoisotopic (exact) mass is 309 g/mol. The quantitative estimate of drug-likeness (QED) is 0.891. The van der Waals surface area contributed by atoms with Crippen molar-refractivity contribution in [2.24, 2.45) is 11.7 Å². The Hall–Kier alpha value is -1.59. The second-order valence-corrected chi connectivity index (χ2v) is 5.82. The van der Waals surface area contributed by atoms with Gasteiger partial charge in [-0.1, -0.05) is 11.6 Å². The Morgan fingerprint density at radius 3 is 2.38 bits per heavy atom. The molecule has 1 aliphatic heterocycles. The van der Waals surface area contributed by atoms with Gasteiger partial charge in [0.05, 0.1) is 6.04 Å². The summed E-state index contributed by atoms with van der Waals surface area (Å²) in [5.74, 6) is -0.365. The lowest BCUT2D eigenvalue weighted by Crippen LogP contribution is -2.47. The normalized spacial score (nSPS) is 18.2. The first-order valence-corrected chi connectivity index (χ1v) is 7.45. The van der Waals surface area contributed by atoms with E-state index in [2.05, 4.69) is 10.2 Å². The number of hydrogen-bond donors (Lipinski definition) is 2. The summed E-state index contributed by atoms with van der Waals surface area (Å²) >= 11 is 5.81. The van der Waals surface area contributed by atoms with E-state index in [0.29, 0.717) is 31.0 Å². The van der Waals surface area contributed by atoms with Crippen molar-refractivity contribution < 1.29 is 9.59 Å². The minimum atomic E-state index is -0.243. The second kappa shape index (κ2) is 6.91. The van der Waals surface area contributed by atoms with Crippen LogP contribution in [-0.2, 0) is 9.59 Å². The lowest BCUT2D eigenvalue weighted by Gasteiger charge is -2.34. The van der Waals surface area contributed by atoms with Crippen LogP contribution in [0.25, 0.3) is 0 Å². The van der Waals surface area contributed by atoms with E-state index in [-0.39, 0.29) is 23.8 Å². The number of hydrogen-bond acceptors (Lipinski definition) is 3. The minimum Gasteiger partial charge on any atom is -0.369 e. The molecular formula is C15H20ClN3O2. The Bertz CT molecular complexity index is 510. The SMILES string of the molecule is C[C@H](C(=O)Nc1ccc(Cl)cc1)N1CCC(C(N)=O)CC1. The van der Waals surface area contributed by atoms with Crippen molar-refractivity contribution in [3.05, 3.63) is 29.3 Å². The maximum absolute atomic E-state index is 12.2. The number of nitrogens with two attached hydrogens (primary N) is 1. The van der Waals surface area contributed by atoms with Crippen LogP contribution < -0.4 is 11.1 Å². The molecule has 5 nitrogen and oxygen atoms in total. The van der Waals surface area contributed by atoms with Crippen molar-refractivity contribution in [1.29, 1.82) is 0 Å². The molecule has 0 aliphatic carbocycles. The fraction of sp³-hybridized carbons (Fsp3) is 0.467. The van der Waals surface area contributed by atoms with Gasteiger partial charge in [0.15, 0.2) is 0 Å². The maximum Gasteiger partial charge on any atom is 0.241 e. The first-order chi connectivity index (χ1) is 9.97. The summed E-state index contributed by atoms with van der Waals surface area (Å²) in [7, 11) is 0. The number of amides is 2. The first kappa shape index (κ1) is 15.8. The fourth-order valence-corrected chi connectivity index (χ4v) is 2.64. The molecule has 0 bridgehead atoms. The van der Waals surface area contributed by atoms with Crippen molar-refractivity contribution in [3.8, 4) is 0 Å². The van der Waals surface area contributed by atoms with Gasteiger partial charge in [0.25, 0.3) is 0 Å². The molecule has 0 spiro atoms. The molecule has 6 heteroatoms. The zero-order chi connectivity index (χ0) is 15.4. The molecule has 0 unspecified atom stereocenters. The van der Waals surface area contributed by atoms with Crippen molar-refractivity contribution in [2.75, 3.05) is 18.4 Å². The molecule has 1 aromatic rings. The Morgan fingerprint density at radius 1 is 1.29 bits per heavy atom. The standard InChI is InChI=1S/C15H20ClN3O2/c1-10(19-8-6-11(7-9-19)14(17)20)15(21)18-13-4-2-12(16)3-5-13/h2-5,10-11H,6-9H2,1H3,(H2,17,20)(H,18,21)/t10-/m1/s1. The summed E-state index contributed by atoms with van der Waals surface area (Å²) in [5, 5.41) is 3.50. The number of carbonyl (C=O) groups is 2. The van der Waals surface area contributed by atoms with Crippen LogP contribution in [0.15, 0.2) is 24.3 Å². The Kier molecular flexibility index (Phi) is 5.20. The number of likely N-dealkylation sites (tertiary alicyclic amines) is 1. The minimum absolute atomic E-state index is 0.0603. The van der Waals surface area contributed by atoms with E-state index in [4.69, 9.17) is 17.3 Å². The smallest absolute Gasteiger partial charge is 0.241 e. The Morgan fingerprint density at radius 2 is 1.86 bits per heavy atom. The van der Waals surface area contributed by atoms with Crippen LogP contribution in [-0.4, -0.2) is 35.8 Å². The summed E-state index contributed by atoms with van der Waals surface area (Å²) in [6.45, 7) is 3.29. The average molecular weight is 310 g/mol. The number of nitrogens with one attached hydrogen (secondary N) is 1. The highest BCUT2D eigenvalue weighted by Gasteiger charge is 2.28. The lowest BCUT2D eigenvalue weighted by molar-refractivity contribution is -0.124. The van der Waals surface area contributed by atoms with Crippen molar-refractivity contribution in [3.63, 3.8) is 0 Å². The number of benzene rings is 1. The fourth-order valence-electron chi connectivity index (χ4n) is 2.52. The van der Waals surface area contributed by atoms with Crippen molar-refractivity contribution in [2.45, 2.75) is 25.8 Å². The number of anilines is 1. The molecule has 0 aromatic heterocycles. The van der Waals surface area contributed by atoms with Gasteiger partial charge in [-0.05, 0) is 57.1 Å². The van der Waals surface area contributed by atoms with E-state index in [1.165, 1.54) is 0 Å². The molecular weight excluding hydrogens is 290 g/mol. The average Bonchev–Trinajstić information content (AvgIpc) is 2.49. The van der Waals surface area contributed by atoms with E-state index in [1.807, 2.05) is 6.92 Å². The highest BCUT2D eigenvalue weighted by Crippen LogP contribution is 2.19. The molecule has 2 amide bonds. The zero-order valence-electron chi connectivity index (χ0n) is 12.0. The van der Waals surface area contributed by atoms with Gasteiger partial charge in [0.1, 0.15) is 0 Å². The predicted octanol–water partition coefficient (Wildman–Crippen LogP) is 1.86. The van der Waals surface area contributed by atoms with E-state index in [0.717, 1.165) is 5.69 Å². The number of primary amides is 1. The van der Waals surface area contributed by atoms with Crippen LogP contribution in [0.2, 0.25) is 5.02 Å². The Labute approximate surface area is 129 Å². The van der Waals surface area contributed by atoms with Gasteiger partial charge in [-0.2, -0.15) is 0 Å². The van der Waals surface area contributed by atoms with Crippen LogP contribution in [0.3, 0.4) is 0 Å². The highest BCUT2D eigenvalue weighted by atomic mass is 35.5. The predicted molar refractivity (Wildman–Crippen MR) is 83.0 cm³/mol. The molecule has 2 rings (SSSR count). The van der Waals surface area contributed by atoms with Crippen LogP contribution in [0.1, 0.15) is 19.8 Å². The Balaban J connectivity index is 1.88. The summed E-state index contributed by atoms with van der Waals surface area (Å²) in [6.07, 6.45) is 1.43. The molecule has 114 valence electrons. The molecule has 0 saturated carbocycles. The molecule has 0 radical (unpaired) electrons. The van der Waals surface area contributed by atoms with Crippen LogP contribution in [0.5, 0.6) is 0 Å². The summed E-state index contributed by atoms with van der Waals surface area (Å²) < 4.78 is 0. The summed E-state index contributed by atoms with van der Waals surface area (Å²) in [5.41, 5.74) is 6.04. The van der Waals surface area contributed by atoms with Crippen LogP contribution in [0, 0.1) is 5.92 Å². The van der Waals surface area contributed by atoms with Gasteiger partial charge >= 0.3 is 0 Å². The highest BCUT2D eigenvalue weighted by molar-refractivity contribution is 6.30. The molecule has 21 heavy (non-hydrogen) atoms. The van der Waals surface area contributed by atoms with Gasteiger partial charge in [-0.3, -0.25) is 14.5 Å². The van der Waals surface area contributed by atoms with Gasteiger partial charge in [-0.15, -0.1) is 0 Å². The number of halogens is 1. The maximum atomic E-state index is 12.2. The van der Waals surface area contributed by atoms with Gasteiger partial charge in [0, 0.05) is 16.6 Å². The van der Waals surface area contributed by atoms with Gasteiger partial charge in [0.2, 0.25) is 11.8 Å². The third-order valence-corrected chi connectivity index (χ3v) is 4.22. The molecule has 1 aliphatic rings. The third kappa shape index (κ3) is 4.19. The van der Waals surface area contributed by atoms with Gasteiger partial charge < -0.3 is 11.1 Å². The van der Waals surface area contributed by atoms with Crippen molar-refractivity contribution in [1.82, 2.24) is 4.90 Å². The van der Waals surface area contributed by atoms with Crippen LogP contribution >= 0.6 is 11.6 Å². The zero-order valence-corrected chi connectivity index (χ0v) is 12.8. The number of carbonyl (C=O) groups excluding carboxylic acids is 2. The second-order valence-electron chi connectivity index (χ2n) is 5.38. The first-order valence-electron chi connectivity index (χ1n) is 7.07. The lowest BCUT2D eigenvalue weighted by atomic mass is 9.95. The molecule has 1 fully saturated rings.